The molecule has 0 amide bonds. The number of nitriles is 1. The van der Waals surface area contributed by atoms with Crippen molar-refractivity contribution in [2.24, 2.45) is 0 Å². The van der Waals surface area contributed by atoms with Gasteiger partial charge < -0.3 is 10.1 Å². The molecule has 5 heteroatoms. The summed E-state index contributed by atoms with van der Waals surface area (Å²) in [4.78, 5) is 3.91. The number of hydrogen-bond donors (Lipinski definition) is 1. The van der Waals surface area contributed by atoms with Crippen molar-refractivity contribution in [2.75, 3.05) is 32.8 Å². The molecule has 1 fully saturated rings. The van der Waals surface area contributed by atoms with Crippen molar-refractivity contribution in [3.05, 3.63) is 57.8 Å². The van der Waals surface area contributed by atoms with Crippen LogP contribution in [0.15, 0.2) is 41.8 Å². The van der Waals surface area contributed by atoms with Gasteiger partial charge in [-0.15, -0.1) is 11.3 Å². The summed E-state index contributed by atoms with van der Waals surface area (Å²) in [7, 11) is 0. The molecule has 0 aliphatic carbocycles. The molecule has 0 spiro atoms. The van der Waals surface area contributed by atoms with Gasteiger partial charge in [0.2, 0.25) is 0 Å². The molecule has 2 atom stereocenters. The minimum absolute atomic E-state index is 0.251. The van der Waals surface area contributed by atoms with Gasteiger partial charge in [-0.05, 0) is 36.1 Å². The molecule has 126 valence electrons. The van der Waals surface area contributed by atoms with Gasteiger partial charge in [-0.1, -0.05) is 18.2 Å². The molecule has 24 heavy (non-hydrogen) atoms. The van der Waals surface area contributed by atoms with E-state index in [2.05, 4.69) is 40.7 Å². The van der Waals surface area contributed by atoms with E-state index >= 15 is 0 Å². The Hall–Kier alpha value is -1.71. The normalized spacial score (nSPS) is 18.0. The topological polar surface area (TPSA) is 48.3 Å². The number of ether oxygens (including phenoxy) is 1. The van der Waals surface area contributed by atoms with Gasteiger partial charge in [0.05, 0.1) is 30.9 Å². The molecule has 0 unspecified atom stereocenters. The standard InChI is InChI=1S/C19H23N3OS/c1-15(17-6-4-16(13-20)5-7-17)21-14-18(19-3-2-12-24-19)22-8-10-23-11-9-22/h2-7,12,15,18,21H,8-11,14H2,1H3/t15-,18-/m0/s1. The van der Waals surface area contributed by atoms with E-state index in [0.29, 0.717) is 11.6 Å². The Balaban J connectivity index is 1.65. The van der Waals surface area contributed by atoms with Crippen LogP contribution in [0.1, 0.15) is 35.0 Å². The quantitative estimate of drug-likeness (QED) is 0.875. The summed E-state index contributed by atoms with van der Waals surface area (Å²) in [5, 5.41) is 14.7. The second-order valence-electron chi connectivity index (χ2n) is 6.04. The van der Waals surface area contributed by atoms with E-state index in [1.807, 2.05) is 35.6 Å². The van der Waals surface area contributed by atoms with Gasteiger partial charge in [0.25, 0.3) is 0 Å². The van der Waals surface area contributed by atoms with Crippen molar-refractivity contribution in [1.82, 2.24) is 10.2 Å². The maximum Gasteiger partial charge on any atom is 0.0991 e. The van der Waals surface area contributed by atoms with Crippen LogP contribution in [0.3, 0.4) is 0 Å². The Kier molecular flexibility index (Phi) is 6.00. The average molecular weight is 341 g/mol. The van der Waals surface area contributed by atoms with E-state index in [1.165, 1.54) is 10.4 Å². The van der Waals surface area contributed by atoms with E-state index in [9.17, 15) is 0 Å². The Morgan fingerprint density at radius 3 is 2.62 bits per heavy atom. The smallest absolute Gasteiger partial charge is 0.0991 e. The molecule has 1 N–H and O–H groups in total. The number of thiophene rings is 1. The Labute approximate surface area is 147 Å². The third-order valence-corrected chi connectivity index (χ3v) is 5.49. The van der Waals surface area contributed by atoms with E-state index < -0.39 is 0 Å². The number of nitrogens with one attached hydrogen (secondary N) is 1. The van der Waals surface area contributed by atoms with Gasteiger partial charge in [0, 0.05) is 30.6 Å². The van der Waals surface area contributed by atoms with Crippen LogP contribution in [0.5, 0.6) is 0 Å². The fourth-order valence-electron chi connectivity index (χ4n) is 3.03. The Bertz CT molecular complexity index is 657. The van der Waals surface area contributed by atoms with Crippen LogP contribution in [0.2, 0.25) is 0 Å². The van der Waals surface area contributed by atoms with Crippen LogP contribution >= 0.6 is 11.3 Å². The highest BCUT2D eigenvalue weighted by Crippen LogP contribution is 2.26. The Morgan fingerprint density at radius 2 is 2.00 bits per heavy atom. The molecule has 2 heterocycles. The molecule has 3 rings (SSSR count). The lowest BCUT2D eigenvalue weighted by atomic mass is 10.1. The highest BCUT2D eigenvalue weighted by molar-refractivity contribution is 7.10. The minimum Gasteiger partial charge on any atom is -0.379 e. The third kappa shape index (κ3) is 4.22. The van der Waals surface area contributed by atoms with Gasteiger partial charge >= 0.3 is 0 Å². The fourth-order valence-corrected chi connectivity index (χ4v) is 3.89. The minimum atomic E-state index is 0.251. The van der Waals surface area contributed by atoms with Crippen LogP contribution < -0.4 is 5.32 Å². The summed E-state index contributed by atoms with van der Waals surface area (Å²) >= 11 is 1.82. The van der Waals surface area contributed by atoms with Gasteiger partial charge in [-0.3, -0.25) is 4.90 Å². The summed E-state index contributed by atoms with van der Waals surface area (Å²) in [5.41, 5.74) is 1.91. The number of benzene rings is 1. The highest BCUT2D eigenvalue weighted by Gasteiger charge is 2.23. The fraction of sp³-hybridized carbons (Fsp3) is 0.421. The van der Waals surface area contributed by atoms with Gasteiger partial charge in [0.15, 0.2) is 0 Å². The van der Waals surface area contributed by atoms with Crippen molar-refractivity contribution in [2.45, 2.75) is 19.0 Å². The summed E-state index contributed by atoms with van der Waals surface area (Å²) in [5.74, 6) is 0. The van der Waals surface area contributed by atoms with Gasteiger partial charge in [-0.25, -0.2) is 0 Å². The summed E-state index contributed by atoms with van der Waals surface area (Å²) < 4.78 is 5.50. The number of morpholine rings is 1. The monoisotopic (exact) mass is 341 g/mol. The lowest BCUT2D eigenvalue weighted by Gasteiger charge is -2.34. The molecule has 4 nitrogen and oxygen atoms in total. The van der Waals surface area contributed by atoms with Crippen molar-refractivity contribution >= 4 is 11.3 Å². The predicted molar refractivity (Wildman–Crippen MR) is 97.0 cm³/mol. The molecule has 2 aromatic rings. The van der Waals surface area contributed by atoms with E-state index in [4.69, 9.17) is 10.00 Å². The molecular formula is C19H23N3OS. The van der Waals surface area contributed by atoms with Crippen molar-refractivity contribution < 1.29 is 4.74 Å². The highest BCUT2D eigenvalue weighted by atomic mass is 32.1. The largest absolute Gasteiger partial charge is 0.379 e. The second-order valence-corrected chi connectivity index (χ2v) is 7.02. The second kappa shape index (κ2) is 8.41. The Morgan fingerprint density at radius 1 is 1.25 bits per heavy atom. The molecular weight excluding hydrogens is 318 g/mol. The number of hydrogen-bond acceptors (Lipinski definition) is 5. The van der Waals surface area contributed by atoms with Crippen LogP contribution in [-0.4, -0.2) is 37.7 Å². The predicted octanol–water partition coefficient (Wildman–Crippen LogP) is 3.34. The number of rotatable bonds is 6. The molecule has 1 aliphatic heterocycles. The lowest BCUT2D eigenvalue weighted by molar-refractivity contribution is 0.0164. The first kappa shape index (κ1) is 17.1. The maximum absolute atomic E-state index is 8.91. The molecule has 1 aliphatic rings. The zero-order valence-electron chi connectivity index (χ0n) is 13.9. The van der Waals surface area contributed by atoms with E-state index in [0.717, 1.165) is 32.8 Å². The lowest BCUT2D eigenvalue weighted by Crippen LogP contribution is -2.42. The maximum atomic E-state index is 8.91. The summed E-state index contributed by atoms with van der Waals surface area (Å²) in [6.07, 6.45) is 0. The van der Waals surface area contributed by atoms with Crippen molar-refractivity contribution in [3.8, 4) is 6.07 Å². The van der Waals surface area contributed by atoms with Gasteiger partial charge in [-0.2, -0.15) is 5.26 Å². The molecule has 1 aromatic carbocycles. The average Bonchev–Trinajstić information content (AvgIpc) is 3.17. The first-order valence-electron chi connectivity index (χ1n) is 8.36. The van der Waals surface area contributed by atoms with Crippen LogP contribution in [0, 0.1) is 11.3 Å². The SMILES string of the molecule is C[C@H](NC[C@@H](c1cccs1)N1CCOCC1)c1ccc(C#N)cc1. The first-order valence-corrected chi connectivity index (χ1v) is 9.24. The molecule has 1 saturated heterocycles. The van der Waals surface area contributed by atoms with Crippen molar-refractivity contribution in [1.29, 1.82) is 5.26 Å². The third-order valence-electron chi connectivity index (χ3n) is 4.52. The van der Waals surface area contributed by atoms with E-state index in [-0.39, 0.29) is 6.04 Å². The van der Waals surface area contributed by atoms with Crippen molar-refractivity contribution in [3.63, 3.8) is 0 Å². The summed E-state index contributed by atoms with van der Waals surface area (Å²) in [6.45, 7) is 6.67. The van der Waals surface area contributed by atoms with Crippen LogP contribution in [0.25, 0.3) is 0 Å². The summed E-state index contributed by atoms with van der Waals surface area (Å²) in [6, 6.07) is 15.0. The zero-order valence-corrected chi connectivity index (χ0v) is 14.8. The molecule has 0 bridgehead atoms. The van der Waals surface area contributed by atoms with E-state index in [1.54, 1.807) is 0 Å². The number of nitrogens with zero attached hydrogens (tertiary/aromatic N) is 2. The van der Waals surface area contributed by atoms with Crippen LogP contribution in [0.4, 0.5) is 0 Å². The first-order chi connectivity index (χ1) is 11.8. The molecule has 1 aromatic heterocycles. The van der Waals surface area contributed by atoms with Crippen LogP contribution in [-0.2, 0) is 4.74 Å². The van der Waals surface area contributed by atoms with Gasteiger partial charge in [0.1, 0.15) is 0 Å². The molecule has 0 radical (unpaired) electrons. The zero-order chi connectivity index (χ0) is 16.8. The molecule has 0 saturated carbocycles.